The Labute approximate surface area is 150 Å². The van der Waals surface area contributed by atoms with Gasteiger partial charge in [-0.25, -0.2) is 8.42 Å². The molecule has 3 rings (SSSR count). The molecule has 0 aliphatic carbocycles. The van der Waals surface area contributed by atoms with Crippen LogP contribution < -0.4 is 4.90 Å². The molecule has 1 aromatic rings. The number of amides is 1. The van der Waals surface area contributed by atoms with Crippen LogP contribution >= 0.6 is 0 Å². The smallest absolute Gasteiger partial charge is 0.277 e. The first-order valence-corrected chi connectivity index (χ1v) is 10.7. The fourth-order valence-corrected chi connectivity index (χ4v) is 5.07. The fraction of sp³-hybridized carbons (Fsp3) is 0.611. The number of piperazine rings is 1. The van der Waals surface area contributed by atoms with Crippen LogP contribution in [0.5, 0.6) is 0 Å². The normalized spacial score (nSPS) is 21.0. The summed E-state index contributed by atoms with van der Waals surface area (Å²) in [5, 5.41) is 0. The molecule has 138 valence electrons. The molecule has 1 amide bonds. The van der Waals surface area contributed by atoms with Gasteiger partial charge in [-0.3, -0.25) is 4.79 Å². The van der Waals surface area contributed by atoms with Gasteiger partial charge in [-0.15, -0.1) is 0 Å². The first kappa shape index (κ1) is 18.4. The van der Waals surface area contributed by atoms with E-state index in [0.717, 1.165) is 25.9 Å². The van der Waals surface area contributed by atoms with E-state index >= 15 is 0 Å². The lowest BCUT2D eigenvalue weighted by Gasteiger charge is -2.32. The van der Waals surface area contributed by atoms with Crippen LogP contribution in [0.1, 0.15) is 25.7 Å². The van der Waals surface area contributed by atoms with Crippen molar-refractivity contribution in [1.29, 1.82) is 0 Å². The average molecular weight is 367 g/mol. The van der Waals surface area contributed by atoms with Crippen LogP contribution in [0.4, 0.5) is 0 Å². The Kier molecular flexibility index (Phi) is 6.09. The summed E-state index contributed by atoms with van der Waals surface area (Å²) in [4.78, 5) is 16.0. The third-order valence-electron chi connectivity index (χ3n) is 5.17. The van der Waals surface area contributed by atoms with Gasteiger partial charge in [-0.05, 0) is 25.0 Å². The topological polar surface area (TPSA) is 62.1 Å². The Morgan fingerprint density at radius 2 is 1.52 bits per heavy atom. The van der Waals surface area contributed by atoms with Crippen molar-refractivity contribution in [2.24, 2.45) is 0 Å². The standard InChI is InChI=1S/C18H27N3O3S/c22-18(20-10-6-1-2-7-11-20)16-19-12-14-21(15-13-19)25(23,24)17-8-4-3-5-9-17/h3-5,8-9H,1-2,6-7,10-16H2/p+1. The van der Waals surface area contributed by atoms with Crippen molar-refractivity contribution < 1.29 is 18.1 Å². The Morgan fingerprint density at radius 1 is 0.920 bits per heavy atom. The second-order valence-electron chi connectivity index (χ2n) is 6.94. The number of sulfonamides is 1. The Morgan fingerprint density at radius 3 is 2.12 bits per heavy atom. The molecule has 1 aromatic carbocycles. The van der Waals surface area contributed by atoms with E-state index in [9.17, 15) is 13.2 Å². The zero-order valence-corrected chi connectivity index (χ0v) is 15.5. The molecule has 0 atom stereocenters. The number of carbonyl (C=O) groups excluding carboxylic acids is 1. The molecule has 7 heteroatoms. The maximum atomic E-state index is 12.6. The fourth-order valence-electron chi connectivity index (χ4n) is 3.61. The summed E-state index contributed by atoms with van der Waals surface area (Å²) >= 11 is 0. The molecular weight excluding hydrogens is 338 g/mol. The van der Waals surface area contributed by atoms with Gasteiger partial charge >= 0.3 is 0 Å². The molecule has 2 saturated heterocycles. The summed E-state index contributed by atoms with van der Waals surface area (Å²) < 4.78 is 26.8. The van der Waals surface area contributed by atoms with E-state index in [2.05, 4.69) is 0 Å². The highest BCUT2D eigenvalue weighted by Crippen LogP contribution is 2.14. The number of rotatable bonds is 4. The van der Waals surface area contributed by atoms with Crippen molar-refractivity contribution in [2.75, 3.05) is 45.8 Å². The number of hydrogen-bond acceptors (Lipinski definition) is 3. The SMILES string of the molecule is O=C(C[NH+]1CCN(S(=O)(=O)c2ccccc2)CC1)N1CCCCCC1. The van der Waals surface area contributed by atoms with E-state index in [1.165, 1.54) is 17.7 Å². The first-order chi connectivity index (χ1) is 12.1. The minimum absolute atomic E-state index is 0.219. The van der Waals surface area contributed by atoms with Crippen molar-refractivity contribution in [2.45, 2.75) is 30.6 Å². The van der Waals surface area contributed by atoms with Gasteiger partial charge in [-0.2, -0.15) is 4.31 Å². The third-order valence-corrected chi connectivity index (χ3v) is 7.08. The van der Waals surface area contributed by atoms with Crippen LogP contribution in [0.25, 0.3) is 0 Å². The van der Waals surface area contributed by atoms with Gasteiger partial charge in [-0.1, -0.05) is 31.0 Å². The van der Waals surface area contributed by atoms with Crippen molar-refractivity contribution in [1.82, 2.24) is 9.21 Å². The molecule has 0 bridgehead atoms. The van der Waals surface area contributed by atoms with Gasteiger partial charge in [0.2, 0.25) is 10.0 Å². The zero-order chi connectivity index (χ0) is 17.7. The van der Waals surface area contributed by atoms with Crippen LogP contribution in [0, 0.1) is 0 Å². The van der Waals surface area contributed by atoms with E-state index in [1.54, 1.807) is 28.6 Å². The van der Waals surface area contributed by atoms with Gasteiger partial charge < -0.3 is 9.80 Å². The summed E-state index contributed by atoms with van der Waals surface area (Å²) in [6, 6.07) is 8.58. The molecule has 0 aromatic heterocycles. The summed E-state index contributed by atoms with van der Waals surface area (Å²) in [5.74, 6) is 0.219. The van der Waals surface area contributed by atoms with Crippen LogP contribution in [-0.2, 0) is 14.8 Å². The monoisotopic (exact) mass is 366 g/mol. The lowest BCUT2D eigenvalue weighted by atomic mass is 10.2. The molecule has 2 fully saturated rings. The zero-order valence-electron chi connectivity index (χ0n) is 14.7. The molecule has 2 aliphatic rings. The van der Waals surface area contributed by atoms with Crippen LogP contribution in [0.2, 0.25) is 0 Å². The summed E-state index contributed by atoms with van der Waals surface area (Å²) in [6.07, 6.45) is 4.63. The van der Waals surface area contributed by atoms with E-state index < -0.39 is 10.0 Å². The van der Waals surface area contributed by atoms with Gasteiger partial charge in [0, 0.05) is 13.1 Å². The molecule has 25 heavy (non-hydrogen) atoms. The highest BCUT2D eigenvalue weighted by molar-refractivity contribution is 7.89. The van der Waals surface area contributed by atoms with E-state index in [-0.39, 0.29) is 5.91 Å². The summed E-state index contributed by atoms with van der Waals surface area (Å²) in [7, 11) is -3.41. The average Bonchev–Trinajstić information content (AvgIpc) is 2.92. The van der Waals surface area contributed by atoms with Crippen LogP contribution in [0.3, 0.4) is 0 Å². The van der Waals surface area contributed by atoms with Gasteiger partial charge in [0.15, 0.2) is 6.54 Å². The maximum Gasteiger partial charge on any atom is 0.277 e. The number of carbonyl (C=O) groups is 1. The largest absolute Gasteiger partial charge is 0.338 e. The number of quaternary nitrogens is 1. The highest BCUT2D eigenvalue weighted by Gasteiger charge is 2.31. The molecular formula is C18H28N3O3S+. The van der Waals surface area contributed by atoms with E-state index in [1.807, 2.05) is 11.0 Å². The summed E-state index contributed by atoms with van der Waals surface area (Å²) in [5.41, 5.74) is 0. The second-order valence-corrected chi connectivity index (χ2v) is 8.88. The van der Waals surface area contributed by atoms with E-state index in [4.69, 9.17) is 0 Å². The predicted octanol–water partition coefficient (Wildman–Crippen LogP) is -0.0216. The van der Waals surface area contributed by atoms with Gasteiger partial charge in [0.1, 0.15) is 0 Å². The van der Waals surface area contributed by atoms with E-state index in [0.29, 0.717) is 37.6 Å². The Bertz CT molecular complexity index is 662. The molecule has 0 saturated carbocycles. The molecule has 1 N–H and O–H groups in total. The van der Waals surface area contributed by atoms with Crippen molar-refractivity contribution in [3.8, 4) is 0 Å². The number of nitrogens with one attached hydrogen (secondary N) is 1. The Balaban J connectivity index is 1.52. The molecule has 6 nitrogen and oxygen atoms in total. The number of benzene rings is 1. The third kappa shape index (κ3) is 4.59. The minimum Gasteiger partial charge on any atom is -0.338 e. The highest BCUT2D eigenvalue weighted by atomic mass is 32.2. The number of likely N-dealkylation sites (tertiary alicyclic amines) is 1. The lowest BCUT2D eigenvalue weighted by molar-refractivity contribution is -0.896. The number of nitrogens with zero attached hydrogens (tertiary/aromatic N) is 2. The van der Waals surface area contributed by atoms with Crippen molar-refractivity contribution >= 4 is 15.9 Å². The molecule has 0 spiro atoms. The summed E-state index contributed by atoms with van der Waals surface area (Å²) in [6.45, 7) is 4.55. The molecule has 2 aliphatic heterocycles. The first-order valence-electron chi connectivity index (χ1n) is 9.24. The predicted molar refractivity (Wildman–Crippen MR) is 95.8 cm³/mol. The van der Waals surface area contributed by atoms with Crippen LogP contribution in [0.15, 0.2) is 35.2 Å². The minimum atomic E-state index is -3.41. The van der Waals surface area contributed by atoms with Gasteiger partial charge in [0.25, 0.3) is 5.91 Å². The van der Waals surface area contributed by atoms with Crippen molar-refractivity contribution in [3.63, 3.8) is 0 Å². The quantitative estimate of drug-likeness (QED) is 0.815. The van der Waals surface area contributed by atoms with Crippen LogP contribution in [-0.4, -0.2) is 69.3 Å². The lowest BCUT2D eigenvalue weighted by Crippen LogP contribution is -3.15. The Hall–Kier alpha value is -1.44. The van der Waals surface area contributed by atoms with Crippen molar-refractivity contribution in [3.05, 3.63) is 30.3 Å². The molecule has 0 radical (unpaired) electrons. The second kappa shape index (κ2) is 8.29. The number of hydrogen-bond donors (Lipinski definition) is 1. The maximum absolute atomic E-state index is 12.6. The van der Waals surface area contributed by atoms with Gasteiger partial charge in [0.05, 0.1) is 31.1 Å². The molecule has 0 unspecified atom stereocenters. The molecule has 2 heterocycles.